The van der Waals surface area contributed by atoms with E-state index in [4.69, 9.17) is 25.8 Å². The lowest BCUT2D eigenvalue weighted by atomic mass is 9.97. The van der Waals surface area contributed by atoms with Gasteiger partial charge in [0.25, 0.3) is 0 Å². The fourth-order valence-corrected chi connectivity index (χ4v) is 3.85. The lowest BCUT2D eigenvalue weighted by Gasteiger charge is -2.25. The molecule has 0 radical (unpaired) electrons. The zero-order valence-electron chi connectivity index (χ0n) is 20.9. The third-order valence-electron chi connectivity index (χ3n) is 5.69. The van der Waals surface area contributed by atoms with Crippen LogP contribution in [0.15, 0.2) is 60.1 Å². The molecule has 0 aliphatic carbocycles. The van der Waals surface area contributed by atoms with Crippen LogP contribution in [-0.2, 0) is 26.3 Å². The summed E-state index contributed by atoms with van der Waals surface area (Å²) >= 11 is 5.97. The lowest BCUT2D eigenvalue weighted by Crippen LogP contribution is -2.39. The molecule has 37 heavy (non-hydrogen) atoms. The highest BCUT2D eigenvalue weighted by Gasteiger charge is 2.30. The normalized spacial score (nSPS) is 15.2. The Bertz CT molecular complexity index is 1240. The van der Waals surface area contributed by atoms with E-state index < -0.39 is 24.0 Å². The van der Waals surface area contributed by atoms with Crippen molar-refractivity contribution < 1.29 is 32.9 Å². The molecule has 0 saturated carbocycles. The number of aliphatic hydroxyl groups is 1. The minimum atomic E-state index is -1.55. The van der Waals surface area contributed by atoms with Gasteiger partial charge in [0.05, 0.1) is 31.0 Å². The van der Waals surface area contributed by atoms with Gasteiger partial charge in [0.2, 0.25) is 5.91 Å². The molecule has 1 aliphatic heterocycles. The number of nitrogens with zero attached hydrogens (tertiary/aromatic N) is 1. The van der Waals surface area contributed by atoms with E-state index in [0.29, 0.717) is 35.7 Å². The predicted octanol–water partition coefficient (Wildman–Crippen LogP) is 4.78. The van der Waals surface area contributed by atoms with Gasteiger partial charge in [-0.2, -0.15) is 0 Å². The zero-order valence-corrected chi connectivity index (χ0v) is 21.6. The average Bonchev–Trinajstić information content (AvgIpc) is 3.36. The number of benzene rings is 1. The van der Waals surface area contributed by atoms with Crippen LogP contribution in [0.2, 0.25) is 5.02 Å². The number of nitrogens with one attached hydrogen (secondary N) is 1. The summed E-state index contributed by atoms with van der Waals surface area (Å²) in [4.78, 5) is 17.4. The van der Waals surface area contributed by atoms with E-state index in [1.54, 1.807) is 13.0 Å². The second-order valence-electron chi connectivity index (χ2n) is 8.53. The molecule has 2 aromatic rings. The summed E-state index contributed by atoms with van der Waals surface area (Å²) in [6.45, 7) is 6.11. The molecule has 0 fully saturated rings. The summed E-state index contributed by atoms with van der Waals surface area (Å²) in [5.41, 5.74) is 0.811. The molecular formula is C27H29ClF2N2O5. The first kappa shape index (κ1) is 28.1. The molecule has 1 aromatic heterocycles. The standard InChI is InChI=1S/C27H29ClF2N2O5/c1-5-21(36-11-9-29)22(35-4)12-16(2)26(33)31-15-27(3,34)23-14-18-8-10-37-25(18)24(32-23)17-6-7-20(30)19(28)13-17/h5-7,12-14,34H,1,8-11,15H2,2-4H3,(H,31,33)/b16-12+,22-21-. The van der Waals surface area contributed by atoms with Gasteiger partial charge >= 0.3 is 0 Å². The number of fused-ring (bicyclic) bond motifs is 1. The fraction of sp³-hybridized carbons (Fsp3) is 0.333. The minimum Gasteiger partial charge on any atom is -0.493 e. The summed E-state index contributed by atoms with van der Waals surface area (Å²) in [6.07, 6.45) is 3.40. The maximum Gasteiger partial charge on any atom is 0.247 e. The Hall–Kier alpha value is -3.43. The summed E-state index contributed by atoms with van der Waals surface area (Å²) in [6, 6.07) is 5.96. The van der Waals surface area contributed by atoms with E-state index in [2.05, 4.69) is 16.9 Å². The number of ether oxygens (including phenoxy) is 3. The van der Waals surface area contributed by atoms with Crippen LogP contribution in [0.1, 0.15) is 25.1 Å². The van der Waals surface area contributed by atoms with E-state index in [1.807, 2.05) is 0 Å². The Morgan fingerprint density at radius 1 is 1.38 bits per heavy atom. The van der Waals surface area contributed by atoms with Gasteiger partial charge in [-0.25, -0.2) is 13.8 Å². The van der Waals surface area contributed by atoms with Crippen molar-refractivity contribution in [3.63, 3.8) is 0 Å². The van der Waals surface area contributed by atoms with Crippen LogP contribution in [-0.4, -0.2) is 49.5 Å². The second-order valence-corrected chi connectivity index (χ2v) is 8.94. The highest BCUT2D eigenvalue weighted by molar-refractivity contribution is 6.31. The van der Waals surface area contributed by atoms with E-state index >= 15 is 0 Å². The van der Waals surface area contributed by atoms with Gasteiger partial charge < -0.3 is 24.6 Å². The van der Waals surface area contributed by atoms with Crippen LogP contribution in [0.4, 0.5) is 8.78 Å². The number of amides is 1. The van der Waals surface area contributed by atoms with E-state index in [9.17, 15) is 18.7 Å². The van der Waals surface area contributed by atoms with Crippen molar-refractivity contribution >= 4 is 17.5 Å². The van der Waals surface area contributed by atoms with Crippen molar-refractivity contribution in [1.29, 1.82) is 0 Å². The first-order valence-corrected chi connectivity index (χ1v) is 11.9. The Kier molecular flexibility index (Phi) is 9.29. The smallest absolute Gasteiger partial charge is 0.247 e. The Morgan fingerprint density at radius 2 is 2.14 bits per heavy atom. The Balaban J connectivity index is 1.83. The molecule has 0 spiro atoms. The van der Waals surface area contributed by atoms with Crippen molar-refractivity contribution in [1.82, 2.24) is 10.3 Å². The van der Waals surface area contributed by atoms with Crippen molar-refractivity contribution in [3.8, 4) is 17.0 Å². The molecule has 1 aliphatic rings. The SMILES string of the molecule is C=C/C(OCCF)=C(\C=C(/C)C(=O)NCC(C)(O)c1cc2c(c(-c3ccc(F)c(Cl)c3)n1)OCC2)OC. The van der Waals surface area contributed by atoms with Gasteiger partial charge in [-0.05, 0) is 50.3 Å². The summed E-state index contributed by atoms with van der Waals surface area (Å²) in [5.74, 6) is -0.0864. The van der Waals surface area contributed by atoms with Gasteiger partial charge in [-0.1, -0.05) is 18.2 Å². The number of allylic oxidation sites excluding steroid dienone is 2. The molecule has 0 bridgehead atoms. The molecule has 2 heterocycles. The number of hydrogen-bond donors (Lipinski definition) is 2. The zero-order chi connectivity index (χ0) is 27.2. The quantitative estimate of drug-likeness (QED) is 0.245. The molecule has 3 rings (SSSR count). The number of carbonyl (C=O) groups excluding carboxylic acids is 1. The first-order valence-electron chi connectivity index (χ1n) is 11.5. The molecular weight excluding hydrogens is 506 g/mol. The van der Waals surface area contributed by atoms with Crippen molar-refractivity contribution in [2.45, 2.75) is 25.9 Å². The summed E-state index contributed by atoms with van der Waals surface area (Å²) in [7, 11) is 1.39. The maximum atomic E-state index is 13.7. The maximum absolute atomic E-state index is 13.7. The van der Waals surface area contributed by atoms with E-state index in [-0.39, 0.29) is 35.3 Å². The summed E-state index contributed by atoms with van der Waals surface area (Å²) in [5, 5.41) is 13.9. The fourth-order valence-electron chi connectivity index (χ4n) is 3.67. The molecule has 2 N–H and O–H groups in total. The molecule has 1 unspecified atom stereocenters. The Morgan fingerprint density at radius 3 is 2.78 bits per heavy atom. The molecule has 10 heteroatoms. The predicted molar refractivity (Wildman–Crippen MR) is 136 cm³/mol. The van der Waals surface area contributed by atoms with Gasteiger partial charge in [-0.15, -0.1) is 0 Å². The Labute approximate surface area is 219 Å². The second kappa shape index (κ2) is 12.2. The van der Waals surface area contributed by atoms with Crippen molar-refractivity contribution in [3.05, 3.63) is 82.2 Å². The number of carbonyl (C=O) groups is 1. The minimum absolute atomic E-state index is 0.0584. The van der Waals surface area contributed by atoms with Gasteiger partial charge in [0.1, 0.15) is 36.1 Å². The molecule has 1 atom stereocenters. The van der Waals surface area contributed by atoms with Crippen LogP contribution >= 0.6 is 11.6 Å². The largest absolute Gasteiger partial charge is 0.493 e. The lowest BCUT2D eigenvalue weighted by molar-refractivity contribution is -0.118. The highest BCUT2D eigenvalue weighted by Crippen LogP contribution is 2.38. The van der Waals surface area contributed by atoms with Crippen LogP contribution in [0, 0.1) is 5.82 Å². The van der Waals surface area contributed by atoms with Crippen LogP contribution < -0.4 is 10.1 Å². The van der Waals surface area contributed by atoms with Gasteiger partial charge in [-0.3, -0.25) is 4.79 Å². The first-order chi connectivity index (χ1) is 17.6. The van der Waals surface area contributed by atoms with Crippen LogP contribution in [0.5, 0.6) is 5.75 Å². The van der Waals surface area contributed by atoms with Crippen molar-refractivity contribution in [2.75, 3.05) is 33.5 Å². The van der Waals surface area contributed by atoms with Gasteiger partial charge in [0.15, 0.2) is 11.5 Å². The number of alkyl halides is 1. The van der Waals surface area contributed by atoms with Crippen molar-refractivity contribution in [2.24, 2.45) is 0 Å². The highest BCUT2D eigenvalue weighted by atomic mass is 35.5. The topological polar surface area (TPSA) is 89.9 Å². The van der Waals surface area contributed by atoms with Crippen LogP contribution in [0.3, 0.4) is 0 Å². The molecule has 7 nitrogen and oxygen atoms in total. The van der Waals surface area contributed by atoms with Crippen LogP contribution in [0.25, 0.3) is 11.3 Å². The monoisotopic (exact) mass is 534 g/mol. The summed E-state index contributed by atoms with van der Waals surface area (Å²) < 4.78 is 42.4. The number of hydrogen-bond acceptors (Lipinski definition) is 6. The number of methoxy groups -OCH3 is 1. The van der Waals surface area contributed by atoms with Gasteiger partial charge in [0, 0.05) is 23.1 Å². The number of pyridine rings is 1. The molecule has 0 saturated heterocycles. The molecule has 198 valence electrons. The number of halogens is 3. The third kappa shape index (κ3) is 6.67. The average molecular weight is 535 g/mol. The van der Waals surface area contributed by atoms with E-state index in [0.717, 1.165) is 5.56 Å². The molecule has 1 amide bonds. The molecule has 1 aromatic carbocycles. The van der Waals surface area contributed by atoms with E-state index in [1.165, 1.54) is 44.4 Å². The number of rotatable bonds is 11. The third-order valence-corrected chi connectivity index (χ3v) is 5.98. The number of aromatic nitrogens is 1.